The molecule has 2 aliphatic heterocycles. The number of carbonyl (C=O) groups excluding carboxylic acids is 1. The first-order valence-electron chi connectivity index (χ1n) is 9.41. The highest BCUT2D eigenvalue weighted by atomic mass is 32.2. The molecule has 1 aromatic rings. The van der Waals surface area contributed by atoms with Crippen molar-refractivity contribution in [3.8, 4) is 0 Å². The molecule has 6 nitrogen and oxygen atoms in total. The van der Waals surface area contributed by atoms with E-state index in [1.54, 1.807) is 15.6 Å². The van der Waals surface area contributed by atoms with Gasteiger partial charge in [-0.2, -0.15) is 17.0 Å². The quantitative estimate of drug-likeness (QED) is 0.826. The van der Waals surface area contributed by atoms with Crippen molar-refractivity contribution < 1.29 is 13.2 Å². The zero-order valence-electron chi connectivity index (χ0n) is 15.6. The molecule has 0 aliphatic carbocycles. The Morgan fingerprint density at radius 3 is 2.62 bits per heavy atom. The van der Waals surface area contributed by atoms with E-state index in [4.69, 9.17) is 0 Å². The molecular formula is C18H29N3O3S2. The first-order chi connectivity index (χ1) is 12.4. The number of hydrogen-bond acceptors (Lipinski definition) is 4. The van der Waals surface area contributed by atoms with Gasteiger partial charge in [-0.25, -0.2) is 0 Å². The Kier molecular flexibility index (Phi) is 6.37. The number of hydrogen-bond donors (Lipinski definition) is 1. The second-order valence-corrected chi connectivity index (χ2v) is 10.7. The third kappa shape index (κ3) is 4.65. The van der Waals surface area contributed by atoms with Crippen molar-refractivity contribution in [3.63, 3.8) is 0 Å². The van der Waals surface area contributed by atoms with Gasteiger partial charge in [0.15, 0.2) is 0 Å². The molecule has 26 heavy (non-hydrogen) atoms. The number of piperidine rings is 2. The lowest BCUT2D eigenvalue weighted by atomic mass is 9.94. The van der Waals surface area contributed by atoms with Crippen LogP contribution in [0, 0.1) is 17.8 Å². The standard InChI is InChI=1S/C18H29N3O3S2/c1-14-9-15(2)12-21(11-14)26(23,24)20-7-3-5-16(13-20)18(22)19-10-17-6-4-8-25-17/h4,6,8,14-16H,3,5,7,9-13H2,1-2H3,(H,19,22). The summed E-state index contributed by atoms with van der Waals surface area (Å²) in [6.45, 7) is 6.69. The highest BCUT2D eigenvalue weighted by Crippen LogP contribution is 2.27. The summed E-state index contributed by atoms with van der Waals surface area (Å²) in [6, 6.07) is 3.95. The summed E-state index contributed by atoms with van der Waals surface area (Å²) in [5.74, 6) is 0.447. The molecule has 0 radical (unpaired) electrons. The molecule has 3 heterocycles. The Balaban J connectivity index is 1.60. The molecule has 2 saturated heterocycles. The summed E-state index contributed by atoms with van der Waals surface area (Å²) in [6.07, 6.45) is 2.55. The van der Waals surface area contributed by atoms with Crippen LogP contribution in [0.4, 0.5) is 0 Å². The largest absolute Gasteiger partial charge is 0.351 e. The van der Waals surface area contributed by atoms with Gasteiger partial charge >= 0.3 is 0 Å². The minimum Gasteiger partial charge on any atom is -0.351 e. The summed E-state index contributed by atoms with van der Waals surface area (Å²) in [4.78, 5) is 13.6. The van der Waals surface area contributed by atoms with E-state index in [2.05, 4.69) is 19.2 Å². The zero-order valence-corrected chi connectivity index (χ0v) is 17.2. The van der Waals surface area contributed by atoms with E-state index < -0.39 is 10.2 Å². The van der Waals surface area contributed by atoms with Gasteiger partial charge in [-0.1, -0.05) is 19.9 Å². The molecule has 3 unspecified atom stereocenters. The number of thiophene rings is 1. The van der Waals surface area contributed by atoms with Crippen LogP contribution in [0.15, 0.2) is 17.5 Å². The van der Waals surface area contributed by atoms with E-state index >= 15 is 0 Å². The Labute approximate surface area is 160 Å². The number of nitrogens with one attached hydrogen (secondary N) is 1. The number of amides is 1. The Morgan fingerprint density at radius 1 is 1.23 bits per heavy atom. The molecule has 1 amide bonds. The number of rotatable bonds is 5. The smallest absolute Gasteiger partial charge is 0.282 e. The summed E-state index contributed by atoms with van der Waals surface area (Å²) in [7, 11) is -3.49. The first-order valence-corrected chi connectivity index (χ1v) is 11.7. The number of nitrogens with zero attached hydrogens (tertiary/aromatic N) is 2. The monoisotopic (exact) mass is 399 g/mol. The summed E-state index contributed by atoms with van der Waals surface area (Å²) >= 11 is 1.61. The minimum atomic E-state index is -3.49. The van der Waals surface area contributed by atoms with Crippen molar-refractivity contribution in [1.29, 1.82) is 0 Å². The van der Waals surface area contributed by atoms with Crippen LogP contribution in [0.1, 0.15) is 38.0 Å². The molecule has 146 valence electrons. The Bertz CT molecular complexity index is 695. The summed E-state index contributed by atoms with van der Waals surface area (Å²) in [5, 5.41) is 4.94. The van der Waals surface area contributed by atoms with Crippen molar-refractivity contribution in [3.05, 3.63) is 22.4 Å². The van der Waals surface area contributed by atoms with Gasteiger partial charge in [0, 0.05) is 31.1 Å². The van der Waals surface area contributed by atoms with Crippen molar-refractivity contribution in [2.45, 2.75) is 39.7 Å². The predicted octanol–water partition coefficient (Wildman–Crippen LogP) is 2.30. The van der Waals surface area contributed by atoms with E-state index in [1.165, 1.54) is 4.31 Å². The van der Waals surface area contributed by atoms with Crippen LogP contribution >= 0.6 is 11.3 Å². The van der Waals surface area contributed by atoms with Crippen molar-refractivity contribution in [2.75, 3.05) is 26.2 Å². The fourth-order valence-corrected chi connectivity index (χ4v) is 6.64. The zero-order chi connectivity index (χ0) is 18.7. The fraction of sp³-hybridized carbons (Fsp3) is 0.722. The molecule has 0 saturated carbocycles. The van der Waals surface area contributed by atoms with Crippen LogP contribution in [0.25, 0.3) is 0 Å². The molecule has 0 aromatic carbocycles. The van der Waals surface area contributed by atoms with Crippen molar-refractivity contribution in [2.24, 2.45) is 17.8 Å². The predicted molar refractivity (Wildman–Crippen MR) is 104 cm³/mol. The van der Waals surface area contributed by atoms with Gasteiger partial charge in [0.2, 0.25) is 5.91 Å². The van der Waals surface area contributed by atoms with Crippen LogP contribution < -0.4 is 5.32 Å². The second kappa shape index (κ2) is 8.37. The molecule has 2 aliphatic rings. The van der Waals surface area contributed by atoms with Crippen LogP contribution in [0.3, 0.4) is 0 Å². The minimum absolute atomic E-state index is 0.0429. The lowest BCUT2D eigenvalue weighted by Gasteiger charge is -2.39. The first kappa shape index (κ1) is 19.8. The number of carbonyl (C=O) groups is 1. The van der Waals surface area contributed by atoms with E-state index in [-0.39, 0.29) is 18.4 Å². The van der Waals surface area contributed by atoms with E-state index in [9.17, 15) is 13.2 Å². The third-order valence-electron chi connectivity index (χ3n) is 5.26. The van der Waals surface area contributed by atoms with Crippen molar-refractivity contribution >= 4 is 27.5 Å². The van der Waals surface area contributed by atoms with Gasteiger partial charge in [0.25, 0.3) is 10.2 Å². The van der Waals surface area contributed by atoms with Crippen LogP contribution in [0.2, 0.25) is 0 Å². The molecule has 8 heteroatoms. The topological polar surface area (TPSA) is 69.7 Å². The Morgan fingerprint density at radius 2 is 1.96 bits per heavy atom. The fourth-order valence-electron chi connectivity index (χ4n) is 4.06. The molecule has 2 fully saturated rings. The Hall–Kier alpha value is -0.960. The molecule has 0 bridgehead atoms. The highest BCUT2D eigenvalue weighted by Gasteiger charge is 2.38. The molecule has 3 atom stereocenters. The second-order valence-electron chi connectivity index (χ2n) is 7.77. The molecular weight excluding hydrogens is 370 g/mol. The SMILES string of the molecule is CC1CC(C)CN(S(=O)(=O)N2CCCC(C(=O)NCc3cccs3)C2)C1. The van der Waals surface area contributed by atoms with E-state index in [1.807, 2.05) is 17.5 Å². The van der Waals surface area contributed by atoms with Gasteiger partial charge in [0.1, 0.15) is 0 Å². The van der Waals surface area contributed by atoms with Gasteiger partial charge in [0.05, 0.1) is 12.5 Å². The highest BCUT2D eigenvalue weighted by molar-refractivity contribution is 7.86. The average molecular weight is 400 g/mol. The third-order valence-corrected chi connectivity index (χ3v) is 8.07. The normalized spacial score (nSPS) is 28.8. The summed E-state index contributed by atoms with van der Waals surface area (Å²) < 4.78 is 29.3. The van der Waals surface area contributed by atoms with Gasteiger partial charge < -0.3 is 5.32 Å². The maximum absolute atomic E-state index is 13.1. The van der Waals surface area contributed by atoms with Crippen molar-refractivity contribution in [1.82, 2.24) is 13.9 Å². The molecule has 3 rings (SSSR count). The molecule has 1 aromatic heterocycles. The average Bonchev–Trinajstić information content (AvgIpc) is 3.12. The maximum Gasteiger partial charge on any atom is 0.282 e. The van der Waals surface area contributed by atoms with Crippen LogP contribution in [-0.4, -0.2) is 49.1 Å². The van der Waals surface area contributed by atoms with Gasteiger partial charge in [-0.3, -0.25) is 4.79 Å². The summed E-state index contributed by atoms with van der Waals surface area (Å²) in [5.41, 5.74) is 0. The van der Waals surface area contributed by atoms with E-state index in [0.29, 0.717) is 38.0 Å². The van der Waals surface area contributed by atoms with Crippen LogP contribution in [-0.2, 0) is 21.5 Å². The molecule has 0 spiro atoms. The van der Waals surface area contributed by atoms with Crippen LogP contribution in [0.5, 0.6) is 0 Å². The lowest BCUT2D eigenvalue weighted by molar-refractivity contribution is -0.126. The van der Waals surface area contributed by atoms with E-state index in [0.717, 1.165) is 24.1 Å². The molecule has 1 N–H and O–H groups in total. The maximum atomic E-state index is 13.1. The van der Waals surface area contributed by atoms with Gasteiger partial charge in [-0.05, 0) is 42.5 Å². The van der Waals surface area contributed by atoms with Gasteiger partial charge in [-0.15, -0.1) is 11.3 Å². The lowest BCUT2D eigenvalue weighted by Crippen LogP contribution is -2.53.